The molecule has 1 aliphatic rings. The zero-order valence-corrected chi connectivity index (χ0v) is 10.7. The smallest absolute Gasteiger partial charge is 0.0797 e. The zero-order valence-electron chi connectivity index (χ0n) is 9.12. The highest BCUT2D eigenvalue weighted by atomic mass is 79.9. The molecule has 1 aromatic heterocycles. The molecule has 2 N–H and O–H groups in total. The summed E-state index contributed by atoms with van der Waals surface area (Å²) in [7, 11) is 0. The normalized spacial score (nSPS) is 18.1. The Morgan fingerprint density at radius 3 is 2.93 bits per heavy atom. The predicted octanol–water partition coefficient (Wildman–Crippen LogP) is 2.82. The van der Waals surface area contributed by atoms with E-state index in [-0.39, 0.29) is 0 Å². The molecule has 15 heavy (non-hydrogen) atoms. The van der Waals surface area contributed by atoms with Gasteiger partial charge in [0, 0.05) is 12.1 Å². The Morgan fingerprint density at radius 2 is 2.40 bits per heavy atom. The van der Waals surface area contributed by atoms with E-state index in [0.29, 0.717) is 12.0 Å². The van der Waals surface area contributed by atoms with E-state index in [1.54, 1.807) is 0 Å². The predicted molar refractivity (Wildman–Crippen MR) is 64.9 cm³/mol. The summed E-state index contributed by atoms with van der Waals surface area (Å²) in [6, 6.07) is 0.457. The van der Waals surface area contributed by atoms with E-state index >= 15 is 0 Å². The highest BCUT2D eigenvalue weighted by Gasteiger charge is 2.29. The topological polar surface area (TPSA) is 43.8 Å². The average Bonchev–Trinajstić information content (AvgIpc) is 2.99. The summed E-state index contributed by atoms with van der Waals surface area (Å²) < 4.78 is 3.25. The molecule has 0 saturated heterocycles. The fourth-order valence-corrected chi connectivity index (χ4v) is 2.53. The van der Waals surface area contributed by atoms with Gasteiger partial charge in [-0.3, -0.25) is 4.68 Å². The number of rotatable bonds is 5. The van der Waals surface area contributed by atoms with E-state index in [4.69, 9.17) is 5.73 Å². The molecule has 1 unspecified atom stereocenters. The molecule has 3 nitrogen and oxygen atoms in total. The van der Waals surface area contributed by atoms with Crippen molar-refractivity contribution in [2.24, 2.45) is 5.73 Å². The minimum atomic E-state index is 0.457. The average molecular weight is 272 g/mol. The molecule has 1 fully saturated rings. The Bertz CT molecular complexity index is 331. The molecule has 0 aliphatic heterocycles. The molecule has 1 atom stereocenters. The zero-order chi connectivity index (χ0) is 10.8. The van der Waals surface area contributed by atoms with Crippen molar-refractivity contribution >= 4 is 15.9 Å². The molecule has 0 radical (unpaired) electrons. The number of aromatic nitrogens is 2. The highest BCUT2D eigenvalue weighted by molar-refractivity contribution is 9.10. The van der Waals surface area contributed by atoms with E-state index in [1.807, 2.05) is 0 Å². The molecule has 4 heteroatoms. The lowest BCUT2D eigenvalue weighted by molar-refractivity contribution is 0.415. The van der Waals surface area contributed by atoms with Gasteiger partial charge >= 0.3 is 0 Å². The number of nitrogens with two attached hydrogens (primary N) is 1. The molecule has 0 bridgehead atoms. The van der Waals surface area contributed by atoms with Crippen LogP contribution in [0, 0.1) is 0 Å². The van der Waals surface area contributed by atoms with E-state index in [0.717, 1.165) is 19.4 Å². The van der Waals surface area contributed by atoms with Crippen molar-refractivity contribution in [3.8, 4) is 0 Å². The van der Waals surface area contributed by atoms with Crippen molar-refractivity contribution in [2.45, 2.75) is 44.6 Å². The van der Waals surface area contributed by atoms with Gasteiger partial charge in [-0.25, -0.2) is 0 Å². The van der Waals surface area contributed by atoms with Crippen LogP contribution >= 0.6 is 15.9 Å². The lowest BCUT2D eigenvalue weighted by atomic mass is 10.1. The summed E-state index contributed by atoms with van der Waals surface area (Å²) in [5.74, 6) is 0.705. The van der Waals surface area contributed by atoms with Gasteiger partial charge in [0.05, 0.1) is 16.2 Å². The molecular formula is C11H18BrN3. The van der Waals surface area contributed by atoms with Crippen LogP contribution in [0.1, 0.15) is 50.3 Å². The first-order chi connectivity index (χ1) is 7.26. The van der Waals surface area contributed by atoms with Crippen molar-refractivity contribution in [3.05, 3.63) is 16.4 Å². The lowest BCUT2D eigenvalue weighted by Crippen LogP contribution is -2.14. The lowest BCUT2D eigenvalue weighted by Gasteiger charge is -2.13. The molecule has 2 rings (SSSR count). The summed E-state index contributed by atoms with van der Waals surface area (Å²) >= 11 is 3.59. The van der Waals surface area contributed by atoms with Gasteiger partial charge in [-0.1, -0.05) is 6.92 Å². The van der Waals surface area contributed by atoms with Crippen molar-refractivity contribution in [3.63, 3.8) is 0 Å². The van der Waals surface area contributed by atoms with Gasteiger partial charge in [-0.05, 0) is 48.2 Å². The third kappa shape index (κ3) is 2.42. The van der Waals surface area contributed by atoms with Gasteiger partial charge in [0.15, 0.2) is 0 Å². The molecule has 84 valence electrons. The van der Waals surface area contributed by atoms with Gasteiger partial charge < -0.3 is 5.73 Å². The summed E-state index contributed by atoms with van der Waals surface area (Å²) in [6.45, 7) is 2.92. The van der Waals surface area contributed by atoms with Crippen molar-refractivity contribution in [1.29, 1.82) is 0 Å². The maximum atomic E-state index is 5.61. The first-order valence-electron chi connectivity index (χ1n) is 5.70. The quantitative estimate of drug-likeness (QED) is 0.895. The van der Waals surface area contributed by atoms with Crippen LogP contribution in [-0.2, 0) is 0 Å². The van der Waals surface area contributed by atoms with E-state index in [9.17, 15) is 0 Å². The number of nitrogens with zero attached hydrogens (tertiary/aromatic N) is 2. The third-order valence-corrected chi connectivity index (χ3v) is 3.63. The Hall–Kier alpha value is -0.350. The molecular weight excluding hydrogens is 254 g/mol. The number of hydrogen-bond acceptors (Lipinski definition) is 2. The van der Waals surface area contributed by atoms with Crippen LogP contribution in [0.4, 0.5) is 0 Å². The molecule has 0 aromatic carbocycles. The summed E-state index contributed by atoms with van der Waals surface area (Å²) in [5.41, 5.74) is 6.85. The van der Waals surface area contributed by atoms with E-state index in [1.165, 1.54) is 23.0 Å². The third-order valence-electron chi connectivity index (χ3n) is 3.02. The number of hydrogen-bond donors (Lipinski definition) is 1. The van der Waals surface area contributed by atoms with Crippen LogP contribution in [0.25, 0.3) is 0 Å². The number of halogens is 1. The monoisotopic (exact) mass is 271 g/mol. The van der Waals surface area contributed by atoms with Crippen LogP contribution in [0.15, 0.2) is 10.7 Å². The van der Waals surface area contributed by atoms with Gasteiger partial charge in [0.2, 0.25) is 0 Å². The molecule has 0 spiro atoms. The minimum Gasteiger partial charge on any atom is -0.330 e. The first kappa shape index (κ1) is 11.1. The van der Waals surface area contributed by atoms with Crippen LogP contribution in [0.2, 0.25) is 0 Å². The van der Waals surface area contributed by atoms with E-state index < -0.39 is 0 Å². The van der Waals surface area contributed by atoms with Gasteiger partial charge in [-0.2, -0.15) is 5.10 Å². The van der Waals surface area contributed by atoms with Crippen LogP contribution in [0.5, 0.6) is 0 Å². The van der Waals surface area contributed by atoms with Crippen LogP contribution in [-0.4, -0.2) is 16.3 Å². The minimum absolute atomic E-state index is 0.457. The summed E-state index contributed by atoms with van der Waals surface area (Å²) in [5, 5.41) is 4.68. The van der Waals surface area contributed by atoms with Gasteiger partial charge in [-0.15, -0.1) is 0 Å². The van der Waals surface area contributed by atoms with Gasteiger partial charge in [0.1, 0.15) is 0 Å². The molecule has 1 aromatic rings. The molecule has 1 heterocycles. The van der Waals surface area contributed by atoms with Crippen LogP contribution < -0.4 is 5.73 Å². The Kier molecular flexibility index (Phi) is 3.46. The summed E-state index contributed by atoms with van der Waals surface area (Å²) in [6.07, 6.45) is 6.80. The summed E-state index contributed by atoms with van der Waals surface area (Å²) in [4.78, 5) is 0. The Balaban J connectivity index is 2.15. The maximum Gasteiger partial charge on any atom is 0.0797 e. The fraction of sp³-hybridized carbons (Fsp3) is 0.727. The van der Waals surface area contributed by atoms with Gasteiger partial charge in [0.25, 0.3) is 0 Å². The molecule has 1 aliphatic carbocycles. The molecule has 1 saturated carbocycles. The molecule has 0 amide bonds. The SMILES string of the molecule is CCC(CCN)n1cc(Br)c(C2CC2)n1. The Morgan fingerprint density at radius 1 is 1.67 bits per heavy atom. The van der Waals surface area contributed by atoms with E-state index in [2.05, 4.69) is 38.8 Å². The first-order valence-corrected chi connectivity index (χ1v) is 6.50. The van der Waals surface area contributed by atoms with Crippen molar-refractivity contribution < 1.29 is 0 Å². The maximum absolute atomic E-state index is 5.61. The second-order valence-corrected chi connectivity index (χ2v) is 5.11. The second kappa shape index (κ2) is 4.66. The fourth-order valence-electron chi connectivity index (χ4n) is 1.92. The standard InChI is InChI=1S/C11H18BrN3/c1-2-9(5-6-13)15-7-10(12)11(14-15)8-3-4-8/h7-9H,2-6,13H2,1H3. The largest absolute Gasteiger partial charge is 0.330 e. The van der Waals surface area contributed by atoms with Crippen LogP contribution in [0.3, 0.4) is 0 Å². The van der Waals surface area contributed by atoms with Crippen molar-refractivity contribution in [2.75, 3.05) is 6.54 Å². The highest BCUT2D eigenvalue weighted by Crippen LogP contribution is 2.42. The van der Waals surface area contributed by atoms with Crippen molar-refractivity contribution in [1.82, 2.24) is 9.78 Å². The second-order valence-electron chi connectivity index (χ2n) is 4.26. The Labute approximate surface area is 99.2 Å².